The Balaban J connectivity index is 1.79. The van der Waals surface area contributed by atoms with E-state index in [2.05, 4.69) is 0 Å². The number of rotatable bonds is 2. The van der Waals surface area contributed by atoms with E-state index in [1.54, 1.807) is 13.8 Å². The van der Waals surface area contributed by atoms with E-state index < -0.39 is 50.8 Å². The van der Waals surface area contributed by atoms with Gasteiger partial charge in [-0.1, -0.05) is 32.4 Å². The standard InChI is InChI=1S/C28H36O8/c1-13-11-17-25(6,28(23(33)34-8)21(31)14(2)20(30)26(13,28)7)12-16-19-24(4,5)18(35-15(3)29)9-10-27(17,19)22(32)36-16/h11,16-19,30H,9-10,12H2,1-8H3/t16-,17+,18-,19?,25-,26-,27+,28+/m1/s1/i1+1,2+1,8+1. The molecule has 1 unspecified atom stereocenters. The number of methoxy groups -OCH3 is 1. The quantitative estimate of drug-likeness (QED) is 0.199. The molecule has 0 aromatic rings. The van der Waals surface area contributed by atoms with Crippen molar-refractivity contribution < 1.29 is 38.5 Å². The van der Waals surface area contributed by atoms with E-state index in [0.717, 1.165) is 0 Å². The van der Waals surface area contributed by atoms with Crippen LogP contribution in [0.25, 0.3) is 0 Å². The smallest absolute Gasteiger partial charge is 0.321 e. The van der Waals surface area contributed by atoms with E-state index in [0.29, 0.717) is 18.4 Å². The Hall–Kier alpha value is -2.64. The molecule has 0 aromatic heterocycles. The molecule has 5 aliphatic rings. The van der Waals surface area contributed by atoms with Crippen molar-refractivity contribution in [3.8, 4) is 0 Å². The number of aliphatic hydroxyl groups is 1. The zero-order chi connectivity index (χ0) is 26.8. The molecule has 0 amide bonds. The van der Waals surface area contributed by atoms with Crippen LogP contribution in [0.4, 0.5) is 0 Å². The summed E-state index contributed by atoms with van der Waals surface area (Å²) >= 11 is 0. The van der Waals surface area contributed by atoms with Gasteiger partial charge < -0.3 is 19.3 Å². The molecule has 4 aliphatic carbocycles. The fraction of sp³-hybridized carbons (Fsp3) is 0.714. The van der Waals surface area contributed by atoms with Crippen molar-refractivity contribution in [3.05, 3.63) is 23.0 Å². The number of esters is 3. The van der Waals surface area contributed by atoms with Gasteiger partial charge in [0.05, 0.1) is 17.9 Å². The van der Waals surface area contributed by atoms with E-state index in [4.69, 9.17) is 14.2 Å². The van der Waals surface area contributed by atoms with Crippen LogP contribution in [0, 0.1) is 38.9 Å². The van der Waals surface area contributed by atoms with Gasteiger partial charge in [0.2, 0.25) is 0 Å². The summed E-state index contributed by atoms with van der Waals surface area (Å²) in [6.07, 6.45) is 2.14. The first-order valence-corrected chi connectivity index (χ1v) is 12.7. The number of Topliss-reactive ketones (excluding diaryl/α,β-unsaturated/α-hetero) is 1. The lowest BCUT2D eigenvalue weighted by Gasteiger charge is -2.66. The van der Waals surface area contributed by atoms with Gasteiger partial charge in [0.1, 0.15) is 18.0 Å². The van der Waals surface area contributed by atoms with Crippen molar-refractivity contribution in [1.82, 2.24) is 0 Å². The Morgan fingerprint density at radius 1 is 1.14 bits per heavy atom. The predicted octanol–water partition coefficient (Wildman–Crippen LogP) is 3.83. The van der Waals surface area contributed by atoms with Gasteiger partial charge in [0.25, 0.3) is 0 Å². The summed E-state index contributed by atoms with van der Waals surface area (Å²) in [4.78, 5) is 53.7. The molecule has 1 aliphatic heterocycles. The average Bonchev–Trinajstić information content (AvgIpc) is 3.12. The van der Waals surface area contributed by atoms with Crippen LogP contribution in [0.3, 0.4) is 0 Å². The van der Waals surface area contributed by atoms with Gasteiger partial charge in [-0.2, -0.15) is 0 Å². The molecule has 3 fully saturated rings. The van der Waals surface area contributed by atoms with Gasteiger partial charge in [-0.25, -0.2) is 0 Å². The Morgan fingerprint density at radius 3 is 2.36 bits per heavy atom. The Morgan fingerprint density at radius 2 is 1.78 bits per heavy atom. The van der Waals surface area contributed by atoms with Crippen LogP contribution in [-0.4, -0.2) is 48.1 Å². The lowest BCUT2D eigenvalue weighted by molar-refractivity contribution is -0.216. The zero-order valence-corrected chi connectivity index (χ0v) is 22.3. The summed E-state index contributed by atoms with van der Waals surface area (Å²) in [6.45, 7) is 12.4. The fourth-order valence-electron chi connectivity index (χ4n) is 9.58. The summed E-state index contributed by atoms with van der Waals surface area (Å²) in [5, 5.41) is 11.3. The number of carbonyl (C=O) groups excluding carboxylic acids is 4. The Kier molecular flexibility index (Phi) is 4.88. The van der Waals surface area contributed by atoms with Crippen LogP contribution < -0.4 is 0 Å². The second-order valence-electron chi connectivity index (χ2n) is 12.5. The lowest BCUT2D eigenvalue weighted by atomic mass is 9.34. The van der Waals surface area contributed by atoms with E-state index in [-0.39, 0.29) is 41.7 Å². The van der Waals surface area contributed by atoms with Crippen molar-refractivity contribution in [2.24, 2.45) is 38.9 Å². The third-order valence-corrected chi connectivity index (χ3v) is 11.0. The number of aliphatic hydroxyl groups excluding tert-OH is 1. The number of fused-ring (bicyclic) bond motifs is 3. The second-order valence-corrected chi connectivity index (χ2v) is 12.5. The molecule has 0 spiro atoms. The molecule has 8 nitrogen and oxygen atoms in total. The molecule has 1 N–H and O–H groups in total. The van der Waals surface area contributed by atoms with Crippen molar-refractivity contribution in [2.45, 2.75) is 79.9 Å². The lowest BCUT2D eigenvalue weighted by Crippen LogP contribution is -2.71. The Bertz CT molecular complexity index is 1180. The van der Waals surface area contributed by atoms with Crippen molar-refractivity contribution in [1.29, 1.82) is 0 Å². The largest absolute Gasteiger partial charge is 0.511 e. The molecule has 2 saturated carbocycles. The minimum atomic E-state index is -1.74. The Labute approximate surface area is 211 Å². The molecule has 8 atom stereocenters. The third-order valence-electron chi connectivity index (χ3n) is 11.0. The molecule has 8 heteroatoms. The molecule has 1 heterocycles. The second kappa shape index (κ2) is 7.01. The molecule has 196 valence electrons. The molecule has 0 radical (unpaired) electrons. The van der Waals surface area contributed by atoms with E-state index in [1.807, 2.05) is 33.8 Å². The van der Waals surface area contributed by atoms with Crippen LogP contribution in [0.2, 0.25) is 0 Å². The summed E-state index contributed by atoms with van der Waals surface area (Å²) in [5.41, 5.74) is -4.90. The first kappa shape index (κ1) is 25.0. The van der Waals surface area contributed by atoms with Gasteiger partial charge in [0.15, 0.2) is 11.2 Å². The minimum absolute atomic E-state index is 0.121. The molecular formula is C28H36O8. The number of carbonyl (C=O) groups is 4. The van der Waals surface area contributed by atoms with Gasteiger partial charge >= 0.3 is 17.9 Å². The van der Waals surface area contributed by atoms with Crippen LogP contribution in [0.15, 0.2) is 23.0 Å². The number of hydrogen-bond acceptors (Lipinski definition) is 8. The SMILES string of the molecule is CC(=O)O[C@@H]1CC[C@]23C(=O)O[C@H](C[C@]4(C)[C@@H]2C=C([13CH3])[C@]2(C)C(O)=C([13CH3])C(=O)[C@@]24C(=O)O[13CH3])C3C1(C)C. The highest BCUT2D eigenvalue weighted by Gasteiger charge is 2.84. The molecule has 1 saturated heterocycles. The maximum Gasteiger partial charge on any atom is 0.321 e. The highest BCUT2D eigenvalue weighted by Crippen LogP contribution is 2.79. The van der Waals surface area contributed by atoms with Gasteiger partial charge in [-0.3, -0.25) is 19.2 Å². The molecular weight excluding hydrogens is 467 g/mol. The molecule has 2 bridgehead atoms. The number of ether oxygens (including phenoxy) is 3. The predicted molar refractivity (Wildman–Crippen MR) is 127 cm³/mol. The van der Waals surface area contributed by atoms with Crippen LogP contribution >= 0.6 is 0 Å². The zero-order valence-electron chi connectivity index (χ0n) is 22.3. The summed E-state index contributed by atoms with van der Waals surface area (Å²) in [7, 11) is 1.26. The topological polar surface area (TPSA) is 116 Å². The van der Waals surface area contributed by atoms with Gasteiger partial charge in [-0.15, -0.1) is 0 Å². The van der Waals surface area contributed by atoms with Gasteiger partial charge in [-0.05, 0) is 40.0 Å². The maximum absolute atomic E-state index is 14.1. The van der Waals surface area contributed by atoms with Crippen LogP contribution in [0.5, 0.6) is 0 Å². The van der Waals surface area contributed by atoms with Gasteiger partial charge in [0, 0.05) is 35.2 Å². The summed E-state index contributed by atoms with van der Waals surface area (Å²) in [5.74, 6) is -2.77. The maximum atomic E-state index is 14.1. The molecule has 36 heavy (non-hydrogen) atoms. The first-order valence-electron chi connectivity index (χ1n) is 12.7. The number of allylic oxidation sites excluding steroid dienone is 3. The van der Waals surface area contributed by atoms with Crippen LogP contribution in [0.1, 0.15) is 67.7 Å². The summed E-state index contributed by atoms with van der Waals surface area (Å²) in [6, 6.07) is 0. The van der Waals surface area contributed by atoms with Crippen molar-refractivity contribution in [2.75, 3.05) is 7.11 Å². The molecule has 0 aromatic carbocycles. The first-order chi connectivity index (χ1) is 16.6. The monoisotopic (exact) mass is 503 g/mol. The van der Waals surface area contributed by atoms with E-state index in [9.17, 15) is 24.3 Å². The highest BCUT2D eigenvalue weighted by atomic mass is 16.6. The summed E-state index contributed by atoms with van der Waals surface area (Å²) < 4.78 is 17.1. The average molecular weight is 504 g/mol. The number of ketones is 1. The van der Waals surface area contributed by atoms with E-state index in [1.165, 1.54) is 14.0 Å². The fourth-order valence-corrected chi connectivity index (χ4v) is 9.58. The van der Waals surface area contributed by atoms with Crippen LogP contribution in [-0.2, 0) is 33.4 Å². The third kappa shape index (κ3) is 2.29. The van der Waals surface area contributed by atoms with E-state index >= 15 is 0 Å². The normalized spacial score (nSPS) is 46.3. The minimum Gasteiger partial charge on any atom is -0.511 e. The molecule has 5 rings (SSSR count). The highest BCUT2D eigenvalue weighted by molar-refractivity contribution is 6.17. The number of hydrogen-bond donors (Lipinski definition) is 1. The van der Waals surface area contributed by atoms with Crippen molar-refractivity contribution >= 4 is 23.7 Å². The van der Waals surface area contributed by atoms with Crippen molar-refractivity contribution in [3.63, 3.8) is 0 Å².